The van der Waals surface area contributed by atoms with Crippen molar-refractivity contribution in [2.75, 3.05) is 14.2 Å². The monoisotopic (exact) mass is 186 g/mol. The van der Waals surface area contributed by atoms with Crippen LogP contribution in [0.3, 0.4) is 0 Å². The Bertz CT molecular complexity index is 200. The molecule has 0 aromatic rings. The number of hydrogen-bond acceptors (Lipinski definition) is 4. The maximum atomic E-state index is 9.30. The fourth-order valence-corrected chi connectivity index (χ4v) is 0.946. The van der Waals surface area contributed by atoms with E-state index in [0.717, 1.165) is 5.70 Å². The van der Waals surface area contributed by atoms with E-state index in [1.54, 1.807) is 32.2 Å². The molecule has 13 heavy (non-hydrogen) atoms. The average Bonchev–Trinajstić information content (AvgIpc) is 2.05. The molecule has 4 nitrogen and oxygen atoms in total. The first-order valence-electron chi connectivity index (χ1n) is 4.07. The first-order chi connectivity index (χ1) is 6.04. The Morgan fingerprint density at radius 2 is 2.23 bits per heavy atom. The van der Waals surface area contributed by atoms with Gasteiger partial charge < -0.3 is 20.1 Å². The molecule has 0 aliphatic heterocycles. The second-order valence-corrected chi connectivity index (χ2v) is 2.73. The molecule has 0 aliphatic rings. The predicted molar refractivity (Wildman–Crippen MR) is 52.5 cm³/mol. The van der Waals surface area contributed by atoms with E-state index in [1.807, 2.05) is 6.92 Å². The van der Waals surface area contributed by atoms with E-state index < -0.39 is 6.23 Å². The Hall–Kier alpha value is -1.16. The summed E-state index contributed by atoms with van der Waals surface area (Å²) in [6, 6.07) is 0. The molecule has 0 rings (SSSR count). The van der Waals surface area contributed by atoms with Crippen LogP contribution in [-0.2, 0) is 4.74 Å². The van der Waals surface area contributed by atoms with Crippen molar-refractivity contribution in [1.82, 2.24) is 10.2 Å². The highest BCUT2D eigenvalue weighted by molar-refractivity contribution is 5.04. The number of aliphatic hydroxyl groups excluding tert-OH is 1. The van der Waals surface area contributed by atoms with Crippen molar-refractivity contribution >= 4 is 0 Å². The summed E-state index contributed by atoms with van der Waals surface area (Å²) >= 11 is 0. The van der Waals surface area contributed by atoms with Gasteiger partial charge in [-0.1, -0.05) is 6.58 Å². The SMILES string of the molecule is C=CN/C(C)=C(\OC)N(C)C(C)O. The van der Waals surface area contributed by atoms with Crippen LogP contribution >= 0.6 is 0 Å². The summed E-state index contributed by atoms with van der Waals surface area (Å²) < 4.78 is 5.12. The van der Waals surface area contributed by atoms with E-state index in [9.17, 15) is 5.11 Å². The molecular weight excluding hydrogens is 168 g/mol. The van der Waals surface area contributed by atoms with Gasteiger partial charge in [0.15, 0.2) is 0 Å². The molecule has 0 bridgehead atoms. The van der Waals surface area contributed by atoms with Gasteiger partial charge in [-0.25, -0.2) is 0 Å². The summed E-state index contributed by atoms with van der Waals surface area (Å²) in [4.78, 5) is 1.62. The maximum absolute atomic E-state index is 9.30. The Morgan fingerprint density at radius 3 is 2.54 bits per heavy atom. The maximum Gasteiger partial charge on any atom is 0.210 e. The van der Waals surface area contributed by atoms with Crippen LogP contribution in [0.4, 0.5) is 0 Å². The third-order valence-corrected chi connectivity index (χ3v) is 1.71. The van der Waals surface area contributed by atoms with Gasteiger partial charge in [0, 0.05) is 7.05 Å². The highest BCUT2D eigenvalue weighted by atomic mass is 16.5. The van der Waals surface area contributed by atoms with Gasteiger partial charge in [0.2, 0.25) is 5.88 Å². The second-order valence-electron chi connectivity index (χ2n) is 2.73. The molecule has 0 saturated carbocycles. The van der Waals surface area contributed by atoms with Crippen molar-refractivity contribution in [1.29, 1.82) is 0 Å². The van der Waals surface area contributed by atoms with E-state index in [1.165, 1.54) is 0 Å². The van der Waals surface area contributed by atoms with Crippen LogP contribution in [-0.4, -0.2) is 30.4 Å². The van der Waals surface area contributed by atoms with E-state index in [-0.39, 0.29) is 0 Å². The summed E-state index contributed by atoms with van der Waals surface area (Å²) in [6.07, 6.45) is 0.973. The number of ether oxygens (including phenoxy) is 1. The molecule has 76 valence electrons. The van der Waals surface area contributed by atoms with Gasteiger partial charge >= 0.3 is 0 Å². The van der Waals surface area contributed by atoms with Gasteiger partial charge in [-0.3, -0.25) is 0 Å². The van der Waals surface area contributed by atoms with Crippen molar-refractivity contribution in [3.8, 4) is 0 Å². The van der Waals surface area contributed by atoms with Crippen LogP contribution in [0.25, 0.3) is 0 Å². The van der Waals surface area contributed by atoms with Gasteiger partial charge in [-0.15, -0.1) is 0 Å². The van der Waals surface area contributed by atoms with Gasteiger partial charge in [0.05, 0.1) is 12.8 Å². The molecule has 1 unspecified atom stereocenters. The lowest BCUT2D eigenvalue weighted by Gasteiger charge is -2.25. The Morgan fingerprint density at radius 1 is 1.69 bits per heavy atom. The van der Waals surface area contributed by atoms with E-state index in [2.05, 4.69) is 11.9 Å². The van der Waals surface area contributed by atoms with Gasteiger partial charge in [-0.2, -0.15) is 0 Å². The lowest BCUT2D eigenvalue weighted by atomic mass is 10.4. The highest BCUT2D eigenvalue weighted by Gasteiger charge is 2.12. The van der Waals surface area contributed by atoms with Crippen LogP contribution in [0.2, 0.25) is 0 Å². The quantitative estimate of drug-likeness (QED) is 0.493. The number of nitrogens with one attached hydrogen (secondary N) is 1. The van der Waals surface area contributed by atoms with Crippen LogP contribution < -0.4 is 5.32 Å². The van der Waals surface area contributed by atoms with Crippen molar-refractivity contribution in [3.63, 3.8) is 0 Å². The number of aliphatic hydroxyl groups is 1. The van der Waals surface area contributed by atoms with E-state index in [0.29, 0.717) is 5.88 Å². The zero-order valence-corrected chi connectivity index (χ0v) is 8.66. The average molecular weight is 186 g/mol. The largest absolute Gasteiger partial charge is 0.481 e. The minimum absolute atomic E-state index is 0.587. The van der Waals surface area contributed by atoms with Crippen LogP contribution in [0.1, 0.15) is 13.8 Å². The summed E-state index contributed by atoms with van der Waals surface area (Å²) in [5, 5.41) is 12.2. The van der Waals surface area contributed by atoms with Crippen molar-refractivity contribution in [3.05, 3.63) is 24.4 Å². The molecular formula is C9H18N2O2. The summed E-state index contributed by atoms with van der Waals surface area (Å²) in [7, 11) is 3.31. The molecule has 0 spiro atoms. The number of methoxy groups -OCH3 is 1. The zero-order valence-electron chi connectivity index (χ0n) is 8.66. The number of hydrogen-bond donors (Lipinski definition) is 2. The molecule has 0 saturated heterocycles. The minimum Gasteiger partial charge on any atom is -0.481 e. The number of nitrogens with zero attached hydrogens (tertiary/aromatic N) is 1. The molecule has 0 radical (unpaired) electrons. The molecule has 0 aromatic carbocycles. The third-order valence-electron chi connectivity index (χ3n) is 1.71. The normalized spacial score (nSPS) is 14.2. The molecule has 1 atom stereocenters. The van der Waals surface area contributed by atoms with Crippen LogP contribution in [0, 0.1) is 0 Å². The van der Waals surface area contributed by atoms with Gasteiger partial charge in [0.25, 0.3) is 0 Å². The number of allylic oxidation sites excluding steroid dienone is 1. The molecule has 4 heteroatoms. The fraction of sp³-hybridized carbons (Fsp3) is 0.556. The van der Waals surface area contributed by atoms with E-state index in [4.69, 9.17) is 4.74 Å². The third kappa shape index (κ3) is 3.38. The predicted octanol–water partition coefficient (Wildman–Crippen LogP) is 0.825. The first kappa shape index (κ1) is 11.8. The molecule has 0 aromatic heterocycles. The highest BCUT2D eigenvalue weighted by Crippen LogP contribution is 2.09. The van der Waals surface area contributed by atoms with Crippen molar-refractivity contribution in [2.45, 2.75) is 20.1 Å². The molecule has 0 fully saturated rings. The Kier molecular flexibility index (Phi) is 4.99. The first-order valence-corrected chi connectivity index (χ1v) is 4.07. The van der Waals surface area contributed by atoms with Gasteiger partial charge in [-0.05, 0) is 20.0 Å². The lowest BCUT2D eigenvalue weighted by molar-refractivity contribution is 0.0161. The van der Waals surface area contributed by atoms with Crippen LogP contribution in [0.5, 0.6) is 0 Å². The fourth-order valence-electron chi connectivity index (χ4n) is 0.946. The minimum atomic E-state index is -0.587. The molecule has 2 N–H and O–H groups in total. The lowest BCUT2D eigenvalue weighted by Crippen LogP contribution is -2.31. The smallest absolute Gasteiger partial charge is 0.210 e. The molecule has 0 aliphatic carbocycles. The van der Waals surface area contributed by atoms with Crippen LogP contribution in [0.15, 0.2) is 24.4 Å². The summed E-state index contributed by atoms with van der Waals surface area (Å²) in [5.41, 5.74) is 0.806. The zero-order chi connectivity index (χ0) is 10.4. The topological polar surface area (TPSA) is 44.7 Å². The second kappa shape index (κ2) is 5.48. The number of rotatable bonds is 5. The van der Waals surface area contributed by atoms with E-state index >= 15 is 0 Å². The van der Waals surface area contributed by atoms with Crippen molar-refractivity contribution < 1.29 is 9.84 Å². The summed E-state index contributed by atoms with van der Waals surface area (Å²) in [6.45, 7) is 7.05. The van der Waals surface area contributed by atoms with Gasteiger partial charge in [0.1, 0.15) is 6.23 Å². The summed E-state index contributed by atoms with van der Waals surface area (Å²) in [5.74, 6) is 0.593. The molecule has 0 heterocycles. The Balaban J connectivity index is 4.64. The molecule has 0 amide bonds. The standard InChI is InChI=1S/C9H18N2O2/c1-6-10-7(2)9(13-5)11(4)8(3)12/h6,8,10,12H,1H2,2-5H3/b9-7-. The Labute approximate surface area is 79.5 Å². The van der Waals surface area contributed by atoms with Crippen molar-refractivity contribution in [2.24, 2.45) is 0 Å².